The molecule has 0 unspecified atom stereocenters. The smallest absolute Gasteiger partial charge is 0.332 e. The van der Waals surface area contributed by atoms with Crippen LogP contribution in [0.2, 0.25) is 5.02 Å². The number of ether oxygens (including phenoxy) is 1. The van der Waals surface area contributed by atoms with Gasteiger partial charge >= 0.3 is 10.2 Å². The van der Waals surface area contributed by atoms with Crippen LogP contribution in [0.1, 0.15) is 22.3 Å². The standard InChI is InChI=1S/C17H16ClFN2O6S/c1-11-3-4-12(9-16(11)28(19,25)26)17(22)20-7-2-8-27-15-6-5-13(21(23)24)10-14(15)18/h3-6,9-10H,2,7-8H2,1H3,(H,20,22). The molecule has 0 heterocycles. The number of nitrogens with one attached hydrogen (secondary N) is 1. The van der Waals surface area contributed by atoms with E-state index in [-0.39, 0.29) is 40.7 Å². The molecular weight excluding hydrogens is 415 g/mol. The molecule has 2 aromatic rings. The summed E-state index contributed by atoms with van der Waals surface area (Å²) < 4.78 is 40.8. The molecular formula is C17H16ClFN2O6S. The first-order valence-electron chi connectivity index (χ1n) is 8.00. The molecule has 2 aromatic carbocycles. The van der Waals surface area contributed by atoms with E-state index in [2.05, 4.69) is 5.32 Å². The molecule has 0 aliphatic carbocycles. The lowest BCUT2D eigenvalue weighted by atomic mass is 10.1. The number of halogens is 2. The minimum Gasteiger partial charge on any atom is -0.492 e. The molecule has 150 valence electrons. The van der Waals surface area contributed by atoms with Gasteiger partial charge in [0, 0.05) is 24.2 Å². The third-order valence-corrected chi connectivity index (χ3v) is 4.96. The number of amides is 1. The summed E-state index contributed by atoms with van der Waals surface area (Å²) in [6, 6.07) is 7.54. The highest BCUT2D eigenvalue weighted by Gasteiger charge is 2.18. The lowest BCUT2D eigenvalue weighted by Crippen LogP contribution is -2.25. The predicted molar refractivity (Wildman–Crippen MR) is 100 cm³/mol. The largest absolute Gasteiger partial charge is 0.492 e. The Hall–Kier alpha value is -2.72. The van der Waals surface area contributed by atoms with Crippen LogP contribution in [-0.4, -0.2) is 32.4 Å². The van der Waals surface area contributed by atoms with Gasteiger partial charge in [-0.3, -0.25) is 14.9 Å². The number of nitrogens with zero attached hydrogens (tertiary/aromatic N) is 1. The minimum absolute atomic E-state index is 0.0150. The molecule has 0 saturated carbocycles. The molecule has 28 heavy (non-hydrogen) atoms. The van der Waals surface area contributed by atoms with Gasteiger partial charge in [-0.15, -0.1) is 3.89 Å². The van der Waals surface area contributed by atoms with Gasteiger partial charge in [-0.25, -0.2) is 0 Å². The van der Waals surface area contributed by atoms with Crippen LogP contribution in [0.25, 0.3) is 0 Å². The zero-order valence-corrected chi connectivity index (χ0v) is 16.2. The van der Waals surface area contributed by atoms with E-state index >= 15 is 0 Å². The van der Waals surface area contributed by atoms with Gasteiger partial charge < -0.3 is 10.1 Å². The monoisotopic (exact) mass is 430 g/mol. The number of hydrogen-bond acceptors (Lipinski definition) is 6. The molecule has 8 nitrogen and oxygen atoms in total. The number of aryl methyl sites for hydroxylation is 1. The molecule has 0 radical (unpaired) electrons. The number of carbonyl (C=O) groups excluding carboxylic acids is 1. The number of rotatable bonds is 8. The van der Waals surface area contributed by atoms with Crippen LogP contribution >= 0.6 is 11.6 Å². The van der Waals surface area contributed by atoms with Crippen LogP contribution in [0.3, 0.4) is 0 Å². The first kappa shape index (κ1) is 21.6. The summed E-state index contributed by atoms with van der Waals surface area (Å²) in [6.45, 7) is 1.81. The van der Waals surface area contributed by atoms with Crippen molar-refractivity contribution in [1.29, 1.82) is 0 Å². The van der Waals surface area contributed by atoms with Gasteiger partial charge in [0.25, 0.3) is 11.6 Å². The van der Waals surface area contributed by atoms with Gasteiger partial charge in [-0.2, -0.15) is 8.42 Å². The Balaban J connectivity index is 1.86. The van der Waals surface area contributed by atoms with Crippen molar-refractivity contribution in [2.75, 3.05) is 13.2 Å². The Labute approximate surface area is 165 Å². The average Bonchev–Trinajstić information content (AvgIpc) is 2.61. The van der Waals surface area contributed by atoms with Crippen molar-refractivity contribution in [2.24, 2.45) is 0 Å². The second-order valence-corrected chi connectivity index (χ2v) is 7.47. The van der Waals surface area contributed by atoms with E-state index in [0.29, 0.717) is 6.42 Å². The Morgan fingerprint density at radius 1 is 1.29 bits per heavy atom. The molecule has 0 fully saturated rings. The maximum Gasteiger partial charge on any atom is 0.332 e. The van der Waals surface area contributed by atoms with Gasteiger partial charge in [0.05, 0.1) is 16.6 Å². The Morgan fingerprint density at radius 3 is 2.61 bits per heavy atom. The molecule has 1 N–H and O–H groups in total. The second kappa shape index (κ2) is 8.98. The number of hydrogen-bond donors (Lipinski definition) is 1. The van der Waals surface area contributed by atoms with Crippen LogP contribution in [0.5, 0.6) is 5.75 Å². The summed E-state index contributed by atoms with van der Waals surface area (Å²) >= 11 is 5.90. The molecule has 0 bridgehead atoms. The van der Waals surface area contributed by atoms with Crippen LogP contribution in [0, 0.1) is 17.0 Å². The van der Waals surface area contributed by atoms with E-state index in [0.717, 1.165) is 6.07 Å². The molecule has 11 heteroatoms. The highest BCUT2D eigenvalue weighted by Crippen LogP contribution is 2.28. The second-order valence-electron chi connectivity index (χ2n) is 5.75. The van der Waals surface area contributed by atoms with E-state index < -0.39 is 25.9 Å². The Morgan fingerprint density at radius 2 is 2.00 bits per heavy atom. The van der Waals surface area contributed by atoms with Gasteiger partial charge in [0.15, 0.2) is 0 Å². The molecule has 2 rings (SSSR count). The summed E-state index contributed by atoms with van der Waals surface area (Å²) in [5, 5.41) is 13.3. The Kier molecular flexibility index (Phi) is 6.92. The van der Waals surface area contributed by atoms with E-state index in [1.807, 2.05) is 0 Å². The van der Waals surface area contributed by atoms with Crippen molar-refractivity contribution >= 4 is 33.4 Å². The number of benzene rings is 2. The van der Waals surface area contributed by atoms with Crippen LogP contribution in [0.15, 0.2) is 41.3 Å². The quantitative estimate of drug-likeness (QED) is 0.297. The highest BCUT2D eigenvalue weighted by atomic mass is 35.5. The molecule has 1 amide bonds. The number of carbonyl (C=O) groups is 1. The fourth-order valence-corrected chi connectivity index (χ4v) is 3.23. The third kappa shape index (κ3) is 5.64. The third-order valence-electron chi connectivity index (χ3n) is 3.70. The maximum atomic E-state index is 13.2. The highest BCUT2D eigenvalue weighted by molar-refractivity contribution is 7.86. The van der Waals surface area contributed by atoms with Crippen molar-refractivity contribution in [3.8, 4) is 5.75 Å². The first-order valence-corrected chi connectivity index (χ1v) is 9.76. The first-order chi connectivity index (χ1) is 13.1. The van der Waals surface area contributed by atoms with Crippen molar-refractivity contribution < 1.29 is 26.8 Å². The summed E-state index contributed by atoms with van der Waals surface area (Å²) in [4.78, 5) is 21.6. The summed E-state index contributed by atoms with van der Waals surface area (Å²) in [6.07, 6.45) is 0.388. The van der Waals surface area contributed by atoms with Crippen molar-refractivity contribution in [3.05, 3.63) is 62.7 Å². The maximum absolute atomic E-state index is 13.2. The van der Waals surface area contributed by atoms with E-state index in [1.165, 1.54) is 37.3 Å². The van der Waals surface area contributed by atoms with Crippen LogP contribution in [0.4, 0.5) is 9.57 Å². The molecule has 0 aliphatic heterocycles. The summed E-state index contributed by atoms with van der Waals surface area (Å²) in [5.74, 6) is -0.284. The van der Waals surface area contributed by atoms with Crippen molar-refractivity contribution in [1.82, 2.24) is 5.32 Å². The van der Waals surface area contributed by atoms with E-state index in [4.69, 9.17) is 16.3 Å². The Bertz CT molecular complexity index is 1010. The molecule has 0 aliphatic rings. The predicted octanol–water partition coefficient (Wildman–Crippen LogP) is 3.41. The average molecular weight is 431 g/mol. The van der Waals surface area contributed by atoms with Gasteiger partial charge in [0.2, 0.25) is 0 Å². The van der Waals surface area contributed by atoms with Crippen LogP contribution in [-0.2, 0) is 10.2 Å². The van der Waals surface area contributed by atoms with Crippen molar-refractivity contribution in [3.63, 3.8) is 0 Å². The molecule has 0 spiro atoms. The SMILES string of the molecule is Cc1ccc(C(=O)NCCCOc2ccc([N+](=O)[O-])cc2Cl)cc1S(=O)(=O)F. The molecule has 0 aromatic heterocycles. The zero-order valence-electron chi connectivity index (χ0n) is 14.6. The van der Waals surface area contributed by atoms with E-state index in [9.17, 15) is 27.2 Å². The normalized spacial score (nSPS) is 11.1. The fraction of sp³-hybridized carbons (Fsp3) is 0.235. The fourth-order valence-electron chi connectivity index (χ4n) is 2.28. The number of non-ortho nitro benzene ring substituents is 1. The topological polar surface area (TPSA) is 116 Å². The lowest BCUT2D eigenvalue weighted by molar-refractivity contribution is -0.384. The molecule has 0 atom stereocenters. The van der Waals surface area contributed by atoms with Crippen molar-refractivity contribution in [2.45, 2.75) is 18.2 Å². The zero-order chi connectivity index (χ0) is 20.9. The number of nitro benzene ring substituents is 1. The molecule has 0 saturated heterocycles. The minimum atomic E-state index is -4.92. The van der Waals surface area contributed by atoms with Crippen LogP contribution < -0.4 is 10.1 Å². The van der Waals surface area contributed by atoms with Gasteiger partial charge in [0.1, 0.15) is 10.6 Å². The summed E-state index contributed by atoms with van der Waals surface area (Å²) in [7, 11) is -4.92. The van der Waals surface area contributed by atoms with Gasteiger partial charge in [-0.05, 0) is 37.1 Å². The number of nitro groups is 1. The van der Waals surface area contributed by atoms with E-state index in [1.54, 1.807) is 0 Å². The van der Waals surface area contributed by atoms with Gasteiger partial charge in [-0.1, -0.05) is 17.7 Å². The lowest BCUT2D eigenvalue weighted by Gasteiger charge is -2.09. The summed E-state index contributed by atoms with van der Waals surface area (Å²) in [5.41, 5.74) is 0.0611.